The SMILES string of the molecule is CC1CCCC(CNc2ccccc2S(=O)(=O)C(F)F)(N(C)C)C1. The van der Waals surface area contributed by atoms with Gasteiger partial charge in [-0.1, -0.05) is 31.9 Å². The number of para-hydroxylation sites is 1. The van der Waals surface area contributed by atoms with Gasteiger partial charge in [-0.15, -0.1) is 0 Å². The fraction of sp³-hybridized carbons (Fsp3) is 0.647. The van der Waals surface area contributed by atoms with E-state index in [0.717, 1.165) is 19.3 Å². The van der Waals surface area contributed by atoms with Crippen LogP contribution >= 0.6 is 0 Å². The van der Waals surface area contributed by atoms with Crippen molar-refractivity contribution in [1.82, 2.24) is 4.90 Å². The van der Waals surface area contributed by atoms with Gasteiger partial charge in [-0.05, 0) is 45.0 Å². The molecule has 1 aromatic carbocycles. The first-order chi connectivity index (χ1) is 11.2. The number of sulfone groups is 1. The molecule has 0 aromatic heterocycles. The van der Waals surface area contributed by atoms with Gasteiger partial charge in [0, 0.05) is 12.1 Å². The summed E-state index contributed by atoms with van der Waals surface area (Å²) >= 11 is 0. The van der Waals surface area contributed by atoms with Gasteiger partial charge < -0.3 is 10.2 Å². The quantitative estimate of drug-likeness (QED) is 0.842. The van der Waals surface area contributed by atoms with Gasteiger partial charge in [0.05, 0.1) is 10.6 Å². The Morgan fingerprint density at radius 1 is 1.33 bits per heavy atom. The van der Waals surface area contributed by atoms with Crippen molar-refractivity contribution in [2.45, 2.75) is 48.8 Å². The standard InChI is InChI=1S/C17H26F2N2O2S/c1-13-7-6-10-17(11-13,21(2)3)12-20-14-8-4-5-9-15(14)24(22,23)16(18)19/h4-5,8-9,13,16,20H,6-7,10-12H2,1-3H3. The van der Waals surface area contributed by atoms with E-state index in [1.165, 1.54) is 18.6 Å². The molecule has 1 aliphatic carbocycles. The van der Waals surface area contributed by atoms with E-state index in [1.807, 2.05) is 14.1 Å². The molecule has 0 saturated heterocycles. The Bertz CT molecular complexity index is 664. The predicted octanol–water partition coefficient (Wildman–Crippen LogP) is 3.61. The number of anilines is 1. The molecule has 24 heavy (non-hydrogen) atoms. The molecule has 1 saturated carbocycles. The zero-order chi connectivity index (χ0) is 18.0. The van der Waals surface area contributed by atoms with Crippen molar-refractivity contribution < 1.29 is 17.2 Å². The Morgan fingerprint density at radius 2 is 2.00 bits per heavy atom. The molecule has 0 aliphatic heterocycles. The zero-order valence-electron chi connectivity index (χ0n) is 14.4. The number of nitrogens with one attached hydrogen (secondary N) is 1. The smallest absolute Gasteiger partial charge is 0.341 e. The summed E-state index contributed by atoms with van der Waals surface area (Å²) in [5.41, 5.74) is 0.150. The van der Waals surface area contributed by atoms with Crippen LogP contribution in [0.4, 0.5) is 14.5 Å². The molecule has 0 bridgehead atoms. The molecule has 136 valence electrons. The highest BCUT2D eigenvalue weighted by molar-refractivity contribution is 7.91. The van der Waals surface area contributed by atoms with Gasteiger partial charge in [0.25, 0.3) is 0 Å². The summed E-state index contributed by atoms with van der Waals surface area (Å²) in [4.78, 5) is 1.83. The third-order valence-electron chi connectivity index (χ3n) is 5.05. The number of likely N-dealkylation sites (N-methyl/N-ethyl adjacent to an activating group) is 1. The van der Waals surface area contributed by atoms with Crippen molar-refractivity contribution in [3.63, 3.8) is 0 Å². The molecule has 0 spiro atoms. The molecule has 1 aromatic rings. The highest BCUT2D eigenvalue weighted by Crippen LogP contribution is 2.36. The minimum atomic E-state index is -4.62. The van der Waals surface area contributed by atoms with Crippen LogP contribution in [0.5, 0.6) is 0 Å². The van der Waals surface area contributed by atoms with Crippen molar-refractivity contribution in [3.8, 4) is 0 Å². The Balaban J connectivity index is 2.26. The van der Waals surface area contributed by atoms with Crippen molar-refractivity contribution in [1.29, 1.82) is 0 Å². The van der Waals surface area contributed by atoms with Crippen LogP contribution in [0, 0.1) is 5.92 Å². The maximum Gasteiger partial charge on any atom is 0.341 e. The predicted molar refractivity (Wildman–Crippen MR) is 92.2 cm³/mol. The van der Waals surface area contributed by atoms with Crippen LogP contribution in [0.15, 0.2) is 29.2 Å². The van der Waals surface area contributed by atoms with Gasteiger partial charge >= 0.3 is 5.76 Å². The van der Waals surface area contributed by atoms with Gasteiger partial charge in [0.15, 0.2) is 0 Å². The second-order valence-corrected chi connectivity index (χ2v) is 8.86. The highest BCUT2D eigenvalue weighted by Gasteiger charge is 2.37. The van der Waals surface area contributed by atoms with Crippen LogP contribution in [-0.2, 0) is 9.84 Å². The lowest BCUT2D eigenvalue weighted by Gasteiger charge is -2.45. The van der Waals surface area contributed by atoms with Crippen LogP contribution in [0.3, 0.4) is 0 Å². The van der Waals surface area contributed by atoms with E-state index in [2.05, 4.69) is 17.1 Å². The Morgan fingerprint density at radius 3 is 2.58 bits per heavy atom. The minimum Gasteiger partial charge on any atom is -0.382 e. The number of alkyl halides is 2. The van der Waals surface area contributed by atoms with Crippen molar-refractivity contribution >= 4 is 15.5 Å². The van der Waals surface area contributed by atoms with E-state index in [1.54, 1.807) is 12.1 Å². The molecular weight excluding hydrogens is 334 g/mol. The lowest BCUT2D eigenvalue weighted by atomic mass is 9.75. The number of halogens is 2. The Hall–Kier alpha value is -1.21. The summed E-state index contributed by atoms with van der Waals surface area (Å²) in [7, 11) is -0.590. The molecule has 0 amide bonds. The first kappa shape index (κ1) is 19.1. The third kappa shape index (κ3) is 3.88. The zero-order valence-corrected chi connectivity index (χ0v) is 15.2. The number of hydrogen-bond acceptors (Lipinski definition) is 4. The summed E-state index contributed by atoms with van der Waals surface area (Å²) < 4.78 is 49.5. The molecular formula is C17H26F2N2O2S. The second-order valence-electron chi connectivity index (χ2n) is 6.98. The molecule has 0 radical (unpaired) electrons. The van der Waals surface area contributed by atoms with E-state index in [9.17, 15) is 17.2 Å². The maximum atomic E-state index is 12.9. The van der Waals surface area contributed by atoms with E-state index >= 15 is 0 Å². The first-order valence-electron chi connectivity index (χ1n) is 8.21. The number of rotatable bonds is 6. The van der Waals surface area contributed by atoms with E-state index in [-0.39, 0.29) is 16.1 Å². The molecule has 2 rings (SSSR count). The fourth-order valence-corrected chi connectivity index (χ4v) is 4.48. The molecule has 7 heteroatoms. The van der Waals surface area contributed by atoms with Gasteiger partial charge in [-0.25, -0.2) is 8.42 Å². The lowest BCUT2D eigenvalue weighted by molar-refractivity contribution is 0.0882. The van der Waals surface area contributed by atoms with Crippen molar-refractivity contribution in [2.24, 2.45) is 5.92 Å². The summed E-state index contributed by atoms with van der Waals surface area (Å²) in [5, 5.41) is 3.13. The fourth-order valence-electron chi connectivity index (χ4n) is 3.57. The monoisotopic (exact) mass is 360 g/mol. The molecule has 4 nitrogen and oxygen atoms in total. The highest BCUT2D eigenvalue weighted by atomic mass is 32.2. The molecule has 1 N–H and O–H groups in total. The third-order valence-corrected chi connectivity index (χ3v) is 6.49. The van der Waals surface area contributed by atoms with E-state index in [4.69, 9.17) is 0 Å². The van der Waals surface area contributed by atoms with Crippen LogP contribution in [0.2, 0.25) is 0 Å². The normalized spacial score (nSPS) is 25.2. The summed E-state index contributed by atoms with van der Waals surface area (Å²) in [5.74, 6) is -2.83. The van der Waals surface area contributed by atoms with Gasteiger partial charge in [0.2, 0.25) is 9.84 Å². The largest absolute Gasteiger partial charge is 0.382 e. The summed E-state index contributed by atoms with van der Waals surface area (Å²) in [6.07, 6.45) is 4.29. The van der Waals surface area contributed by atoms with Crippen LogP contribution < -0.4 is 5.32 Å². The number of hydrogen-bond donors (Lipinski definition) is 1. The van der Waals surface area contributed by atoms with Crippen molar-refractivity contribution in [2.75, 3.05) is 26.0 Å². The van der Waals surface area contributed by atoms with Gasteiger partial charge in [0.1, 0.15) is 0 Å². The van der Waals surface area contributed by atoms with Gasteiger partial charge in [-0.2, -0.15) is 8.78 Å². The average molecular weight is 360 g/mol. The van der Waals surface area contributed by atoms with Crippen LogP contribution in [0.25, 0.3) is 0 Å². The summed E-state index contributed by atoms with van der Waals surface area (Å²) in [6.45, 7) is 2.74. The van der Waals surface area contributed by atoms with Crippen molar-refractivity contribution in [3.05, 3.63) is 24.3 Å². The maximum absolute atomic E-state index is 12.9. The molecule has 2 atom stereocenters. The molecule has 1 fully saturated rings. The Kier molecular flexibility index (Phi) is 5.86. The minimum absolute atomic E-state index is 0.0978. The molecule has 0 heterocycles. The second kappa shape index (κ2) is 7.35. The summed E-state index contributed by atoms with van der Waals surface area (Å²) in [6, 6.07) is 5.89. The Labute approximate surface area is 143 Å². The number of benzene rings is 1. The van der Waals surface area contributed by atoms with Crippen LogP contribution in [-0.4, -0.2) is 45.3 Å². The molecule has 1 aliphatic rings. The van der Waals surface area contributed by atoms with Crippen LogP contribution in [0.1, 0.15) is 32.6 Å². The van der Waals surface area contributed by atoms with E-state index in [0.29, 0.717) is 12.5 Å². The number of nitrogens with zero attached hydrogens (tertiary/aromatic N) is 1. The topological polar surface area (TPSA) is 49.4 Å². The first-order valence-corrected chi connectivity index (χ1v) is 9.76. The lowest BCUT2D eigenvalue weighted by Crippen LogP contribution is -2.52. The van der Waals surface area contributed by atoms with Gasteiger partial charge in [-0.3, -0.25) is 0 Å². The average Bonchev–Trinajstić information content (AvgIpc) is 2.53. The molecule has 2 unspecified atom stereocenters. The van der Waals surface area contributed by atoms with E-state index < -0.39 is 15.6 Å².